The van der Waals surface area contributed by atoms with E-state index in [1.54, 1.807) is 13.8 Å². The molecule has 3 rings (SSSR count). The van der Waals surface area contributed by atoms with E-state index < -0.39 is 47.3 Å². The molecule has 1 aliphatic rings. The van der Waals surface area contributed by atoms with Gasteiger partial charge < -0.3 is 9.64 Å². The minimum absolute atomic E-state index is 0.111. The van der Waals surface area contributed by atoms with Crippen LogP contribution in [0, 0.1) is 11.6 Å². The largest absolute Gasteiger partial charge is 0.460 e. The van der Waals surface area contributed by atoms with Gasteiger partial charge in [-0.05, 0) is 56.2 Å². The molecule has 2 aromatic rings. The van der Waals surface area contributed by atoms with Crippen LogP contribution in [0.2, 0.25) is 0 Å². The molecule has 0 radical (unpaired) electrons. The fraction of sp³-hybridized carbons (Fsp3) is 0.333. The summed E-state index contributed by atoms with van der Waals surface area (Å²) in [7, 11) is 0. The second-order valence-electron chi connectivity index (χ2n) is 8.06. The topological polar surface area (TPSA) is 46.6 Å². The van der Waals surface area contributed by atoms with E-state index in [9.17, 15) is 31.5 Å². The Morgan fingerprint density at radius 1 is 1.09 bits per heavy atom. The van der Waals surface area contributed by atoms with Crippen molar-refractivity contribution in [3.05, 3.63) is 82.1 Å². The summed E-state index contributed by atoms with van der Waals surface area (Å²) in [5.74, 6) is -4.02. The van der Waals surface area contributed by atoms with Gasteiger partial charge in [-0.15, -0.1) is 0 Å². The molecule has 0 saturated carbocycles. The van der Waals surface area contributed by atoms with Gasteiger partial charge in [0.1, 0.15) is 0 Å². The maximum atomic E-state index is 13.6. The van der Waals surface area contributed by atoms with Crippen LogP contribution in [0.1, 0.15) is 49.8 Å². The smallest absolute Gasteiger partial charge is 0.416 e. The molecule has 0 saturated heterocycles. The Morgan fingerprint density at radius 3 is 2.27 bits per heavy atom. The number of carbonyl (C=O) groups is 2. The summed E-state index contributed by atoms with van der Waals surface area (Å²) >= 11 is 0. The molecule has 0 spiro atoms. The molecule has 4 nitrogen and oxygen atoms in total. The van der Waals surface area contributed by atoms with Crippen LogP contribution in [0.25, 0.3) is 0 Å². The van der Waals surface area contributed by atoms with Crippen LogP contribution in [0.4, 0.5) is 22.0 Å². The molecule has 0 fully saturated rings. The highest BCUT2D eigenvalue weighted by Crippen LogP contribution is 2.39. The maximum absolute atomic E-state index is 13.6. The fourth-order valence-electron chi connectivity index (χ4n) is 3.76. The number of benzene rings is 2. The van der Waals surface area contributed by atoms with Gasteiger partial charge in [-0.3, -0.25) is 4.79 Å². The molecule has 1 atom stereocenters. The fourth-order valence-corrected chi connectivity index (χ4v) is 3.76. The Kier molecular flexibility index (Phi) is 6.90. The quantitative estimate of drug-likeness (QED) is 0.417. The number of amides is 1. The van der Waals surface area contributed by atoms with Crippen LogP contribution < -0.4 is 0 Å². The molecule has 0 bridgehead atoms. The SMILES string of the molecule is CC1=C(C(=O)OC(C)C)[C@@H](c2ccc(C(F)(F)F)cc2)CC(=O)N1Cc1ccc(F)c(F)c1. The predicted octanol–water partition coefficient (Wildman–Crippen LogP) is 5.73. The van der Waals surface area contributed by atoms with Crippen molar-refractivity contribution in [2.24, 2.45) is 0 Å². The second kappa shape index (κ2) is 9.33. The number of esters is 1. The number of hydrogen-bond acceptors (Lipinski definition) is 3. The van der Waals surface area contributed by atoms with E-state index in [2.05, 4.69) is 0 Å². The van der Waals surface area contributed by atoms with Crippen LogP contribution >= 0.6 is 0 Å². The first-order valence-electron chi connectivity index (χ1n) is 10.2. The van der Waals surface area contributed by atoms with Crippen molar-refractivity contribution in [2.45, 2.75) is 51.9 Å². The van der Waals surface area contributed by atoms with E-state index >= 15 is 0 Å². The lowest BCUT2D eigenvalue weighted by molar-refractivity contribution is -0.144. The van der Waals surface area contributed by atoms with Crippen molar-refractivity contribution in [3.63, 3.8) is 0 Å². The van der Waals surface area contributed by atoms with Gasteiger partial charge in [0.15, 0.2) is 11.6 Å². The highest BCUT2D eigenvalue weighted by Gasteiger charge is 2.38. The zero-order valence-electron chi connectivity index (χ0n) is 18.2. The summed E-state index contributed by atoms with van der Waals surface area (Å²) in [6, 6.07) is 7.50. The summed E-state index contributed by atoms with van der Waals surface area (Å²) in [5, 5.41) is 0. The van der Waals surface area contributed by atoms with Crippen LogP contribution in [0.15, 0.2) is 53.7 Å². The van der Waals surface area contributed by atoms with E-state index in [-0.39, 0.29) is 24.2 Å². The van der Waals surface area contributed by atoms with E-state index in [1.165, 1.54) is 30.0 Å². The number of hydrogen-bond donors (Lipinski definition) is 0. The summed E-state index contributed by atoms with van der Waals surface area (Å²) in [6.07, 6.45) is -5.19. The van der Waals surface area contributed by atoms with Gasteiger partial charge >= 0.3 is 12.1 Å². The molecular formula is C24H22F5NO3. The average Bonchev–Trinajstić information content (AvgIpc) is 2.72. The Labute approximate surface area is 187 Å². The van der Waals surface area contributed by atoms with Gasteiger partial charge in [0.25, 0.3) is 0 Å². The number of halogens is 5. The van der Waals surface area contributed by atoms with Gasteiger partial charge in [0.2, 0.25) is 5.91 Å². The molecule has 9 heteroatoms. The number of rotatable bonds is 5. The third kappa shape index (κ3) is 5.40. The van der Waals surface area contributed by atoms with Crippen LogP contribution in [0.5, 0.6) is 0 Å². The van der Waals surface area contributed by atoms with E-state index in [4.69, 9.17) is 4.74 Å². The van der Waals surface area contributed by atoms with Crippen molar-refractivity contribution in [2.75, 3.05) is 0 Å². The van der Waals surface area contributed by atoms with Crippen molar-refractivity contribution in [1.29, 1.82) is 0 Å². The zero-order valence-corrected chi connectivity index (χ0v) is 18.2. The molecule has 176 valence electrons. The van der Waals surface area contributed by atoms with Gasteiger partial charge in [-0.1, -0.05) is 18.2 Å². The Morgan fingerprint density at radius 2 is 1.73 bits per heavy atom. The Balaban J connectivity index is 2.03. The standard InChI is InChI=1S/C24H22F5NO3/c1-13(2)33-23(32)22-14(3)30(12-15-4-9-19(25)20(26)10-15)21(31)11-18(22)16-5-7-17(8-6-16)24(27,28)29/h4-10,13,18H,11-12H2,1-3H3/t18-/m1/s1. The molecule has 1 aliphatic heterocycles. The van der Waals surface area contributed by atoms with Gasteiger partial charge in [0.05, 0.1) is 23.8 Å². The van der Waals surface area contributed by atoms with Crippen molar-refractivity contribution in [1.82, 2.24) is 4.90 Å². The molecule has 0 N–H and O–H groups in total. The summed E-state index contributed by atoms with van der Waals surface area (Å²) < 4.78 is 71.1. The van der Waals surface area contributed by atoms with E-state index in [0.717, 1.165) is 24.3 Å². The lowest BCUT2D eigenvalue weighted by Crippen LogP contribution is -2.38. The molecule has 0 aliphatic carbocycles. The zero-order chi connectivity index (χ0) is 24.5. The lowest BCUT2D eigenvalue weighted by Gasteiger charge is -2.35. The van der Waals surface area contributed by atoms with Gasteiger partial charge in [0, 0.05) is 18.0 Å². The van der Waals surface area contributed by atoms with Crippen LogP contribution in [0.3, 0.4) is 0 Å². The second-order valence-corrected chi connectivity index (χ2v) is 8.06. The van der Waals surface area contributed by atoms with Gasteiger partial charge in [-0.25, -0.2) is 13.6 Å². The van der Waals surface area contributed by atoms with Crippen molar-refractivity contribution < 1.29 is 36.3 Å². The molecule has 1 heterocycles. The summed E-state index contributed by atoms with van der Waals surface area (Å²) in [6.45, 7) is 4.70. The molecular weight excluding hydrogens is 445 g/mol. The molecule has 2 aromatic carbocycles. The van der Waals surface area contributed by atoms with Crippen molar-refractivity contribution in [3.8, 4) is 0 Å². The number of nitrogens with zero attached hydrogens (tertiary/aromatic N) is 1. The van der Waals surface area contributed by atoms with Crippen LogP contribution in [-0.2, 0) is 27.0 Å². The Bertz CT molecular complexity index is 1090. The maximum Gasteiger partial charge on any atom is 0.416 e. The minimum Gasteiger partial charge on any atom is -0.460 e. The Hall–Kier alpha value is -3.23. The van der Waals surface area contributed by atoms with E-state index in [0.29, 0.717) is 11.1 Å². The minimum atomic E-state index is -4.52. The summed E-state index contributed by atoms with van der Waals surface area (Å²) in [4.78, 5) is 27.1. The third-order valence-corrected chi connectivity index (χ3v) is 5.35. The highest BCUT2D eigenvalue weighted by molar-refractivity contribution is 5.96. The first-order valence-corrected chi connectivity index (χ1v) is 10.2. The first-order chi connectivity index (χ1) is 15.4. The molecule has 33 heavy (non-hydrogen) atoms. The molecule has 0 aromatic heterocycles. The van der Waals surface area contributed by atoms with Gasteiger partial charge in [-0.2, -0.15) is 13.2 Å². The monoisotopic (exact) mass is 467 g/mol. The van der Waals surface area contributed by atoms with Crippen molar-refractivity contribution >= 4 is 11.9 Å². The highest BCUT2D eigenvalue weighted by atomic mass is 19.4. The van der Waals surface area contributed by atoms with E-state index in [1.807, 2.05) is 0 Å². The average molecular weight is 467 g/mol. The lowest BCUT2D eigenvalue weighted by atomic mass is 9.83. The normalized spacial score (nSPS) is 17.1. The number of carbonyl (C=O) groups excluding carboxylic acids is 2. The number of ether oxygens (including phenoxy) is 1. The first kappa shape index (κ1) is 24.4. The predicted molar refractivity (Wildman–Crippen MR) is 110 cm³/mol. The summed E-state index contributed by atoms with van der Waals surface area (Å²) in [5.41, 5.74) is 0.197. The molecule has 0 unspecified atom stereocenters. The number of allylic oxidation sites excluding steroid dienone is 1. The molecule has 1 amide bonds. The number of alkyl halides is 3. The van der Waals surface area contributed by atoms with Crippen LogP contribution in [-0.4, -0.2) is 22.9 Å². The third-order valence-electron chi connectivity index (χ3n) is 5.35.